The Balaban J connectivity index is 1.83. The number of nitrogens with one attached hydrogen (secondary N) is 2. The van der Waals surface area contributed by atoms with Crippen LogP contribution in [0.15, 0.2) is 53.0 Å². The predicted octanol–water partition coefficient (Wildman–Crippen LogP) is 2.39. The molecule has 2 aromatic carbocycles. The third kappa shape index (κ3) is 6.18. The van der Waals surface area contributed by atoms with Gasteiger partial charge in [0.25, 0.3) is 5.91 Å². The molecule has 0 saturated heterocycles. The number of hydrogen-bond donors (Lipinski definition) is 2. The Hall–Kier alpha value is -1.85. The van der Waals surface area contributed by atoms with Gasteiger partial charge in [-0.3, -0.25) is 4.79 Å². The number of carbonyl (C=O) groups excluding carboxylic acids is 1. The van der Waals surface area contributed by atoms with Gasteiger partial charge in [-0.15, -0.1) is 0 Å². The Morgan fingerprint density at radius 2 is 1.96 bits per heavy atom. The largest absolute Gasteiger partial charge is 0.496 e. The quantitative estimate of drug-likeness (QED) is 0.707. The fourth-order valence-electron chi connectivity index (χ4n) is 2.78. The molecule has 0 heterocycles. The molecule has 0 bridgehead atoms. The Labute approximate surface area is 158 Å². The zero-order valence-corrected chi connectivity index (χ0v) is 16.6. The van der Waals surface area contributed by atoms with E-state index in [4.69, 9.17) is 4.74 Å². The molecular weight excluding hydrogens is 380 g/mol. The first-order valence-electron chi connectivity index (χ1n) is 8.45. The molecular formula is C20H26BrN2O2+. The summed E-state index contributed by atoms with van der Waals surface area (Å²) in [6.07, 6.45) is 0. The van der Waals surface area contributed by atoms with Crippen LogP contribution in [0.2, 0.25) is 0 Å². The lowest BCUT2D eigenvalue weighted by Crippen LogP contribution is -3.08. The minimum Gasteiger partial charge on any atom is -0.496 e. The summed E-state index contributed by atoms with van der Waals surface area (Å²) in [5.41, 5.74) is 2.32. The molecule has 0 aliphatic heterocycles. The van der Waals surface area contributed by atoms with E-state index in [9.17, 15) is 4.79 Å². The molecule has 2 aromatic rings. The Morgan fingerprint density at radius 1 is 1.24 bits per heavy atom. The Morgan fingerprint density at radius 3 is 2.64 bits per heavy atom. The maximum Gasteiger partial charge on any atom is 0.275 e. The topological polar surface area (TPSA) is 42.8 Å². The standard InChI is InChI=1S/C20H25BrN2O2/c1-15(16-7-5-4-6-8-16)12-22-20(24)14-23(2)13-17-11-18(21)9-10-19(17)25-3/h4-11,15H,12-14H2,1-3H3,(H,22,24)/p+1/t15-/m1/s1. The zero-order valence-electron chi connectivity index (χ0n) is 15.0. The van der Waals surface area contributed by atoms with Crippen LogP contribution in [-0.4, -0.2) is 33.2 Å². The van der Waals surface area contributed by atoms with Crippen LogP contribution in [0, 0.1) is 0 Å². The summed E-state index contributed by atoms with van der Waals surface area (Å²) in [7, 11) is 3.68. The van der Waals surface area contributed by atoms with Crippen molar-refractivity contribution in [3.05, 3.63) is 64.1 Å². The number of hydrogen-bond acceptors (Lipinski definition) is 2. The van der Waals surface area contributed by atoms with Gasteiger partial charge >= 0.3 is 0 Å². The molecule has 5 heteroatoms. The number of rotatable bonds is 8. The second kappa shape index (κ2) is 9.59. The minimum atomic E-state index is 0.0641. The van der Waals surface area contributed by atoms with Crippen LogP contribution in [-0.2, 0) is 11.3 Å². The molecule has 0 radical (unpaired) electrons. The van der Waals surface area contributed by atoms with Crippen molar-refractivity contribution in [2.45, 2.75) is 19.4 Å². The molecule has 2 rings (SSSR count). The lowest BCUT2D eigenvalue weighted by Gasteiger charge is -2.17. The highest BCUT2D eigenvalue weighted by atomic mass is 79.9. The van der Waals surface area contributed by atoms with Crippen molar-refractivity contribution in [1.82, 2.24) is 5.32 Å². The monoisotopic (exact) mass is 405 g/mol. The number of ether oxygens (including phenoxy) is 1. The van der Waals surface area contributed by atoms with Gasteiger partial charge < -0.3 is 15.0 Å². The van der Waals surface area contributed by atoms with E-state index in [2.05, 4.69) is 40.3 Å². The van der Waals surface area contributed by atoms with E-state index in [1.807, 2.05) is 43.4 Å². The molecule has 2 N–H and O–H groups in total. The lowest BCUT2D eigenvalue weighted by molar-refractivity contribution is -0.885. The van der Waals surface area contributed by atoms with E-state index in [-0.39, 0.29) is 5.91 Å². The summed E-state index contributed by atoms with van der Waals surface area (Å²) >= 11 is 3.49. The van der Waals surface area contributed by atoms with Crippen LogP contribution < -0.4 is 15.0 Å². The Bertz CT molecular complexity index is 691. The van der Waals surface area contributed by atoms with Crippen molar-refractivity contribution < 1.29 is 14.4 Å². The van der Waals surface area contributed by atoms with Gasteiger partial charge in [0.2, 0.25) is 0 Å². The van der Waals surface area contributed by atoms with E-state index < -0.39 is 0 Å². The maximum atomic E-state index is 12.2. The SMILES string of the molecule is COc1ccc(Br)cc1C[NH+](C)CC(=O)NC[C@@H](C)c1ccccc1. The molecule has 134 valence electrons. The first-order chi connectivity index (χ1) is 12.0. The fraction of sp³-hybridized carbons (Fsp3) is 0.350. The normalized spacial score (nSPS) is 13.1. The third-order valence-corrected chi connectivity index (χ3v) is 4.66. The molecule has 0 aliphatic rings. The highest BCUT2D eigenvalue weighted by Gasteiger charge is 2.14. The van der Waals surface area contributed by atoms with Gasteiger partial charge in [-0.2, -0.15) is 0 Å². The van der Waals surface area contributed by atoms with Crippen molar-refractivity contribution in [1.29, 1.82) is 0 Å². The van der Waals surface area contributed by atoms with Crippen LogP contribution >= 0.6 is 15.9 Å². The Kier molecular flexibility index (Phi) is 7.47. The van der Waals surface area contributed by atoms with Crippen LogP contribution in [0.5, 0.6) is 5.75 Å². The smallest absolute Gasteiger partial charge is 0.275 e. The van der Waals surface area contributed by atoms with E-state index in [0.29, 0.717) is 19.0 Å². The third-order valence-electron chi connectivity index (χ3n) is 4.17. The summed E-state index contributed by atoms with van der Waals surface area (Å²) in [6.45, 7) is 3.93. The molecule has 1 amide bonds. The second-order valence-electron chi connectivity index (χ2n) is 6.38. The number of amides is 1. The van der Waals surface area contributed by atoms with Crippen LogP contribution in [0.4, 0.5) is 0 Å². The van der Waals surface area contributed by atoms with Crippen LogP contribution in [0.25, 0.3) is 0 Å². The van der Waals surface area contributed by atoms with Gasteiger partial charge in [-0.05, 0) is 29.7 Å². The average Bonchev–Trinajstić information content (AvgIpc) is 2.60. The van der Waals surface area contributed by atoms with E-state index in [1.54, 1.807) is 7.11 Å². The fourth-order valence-corrected chi connectivity index (χ4v) is 3.18. The van der Waals surface area contributed by atoms with Crippen LogP contribution in [0.3, 0.4) is 0 Å². The average molecular weight is 406 g/mol. The van der Waals surface area contributed by atoms with Gasteiger partial charge in [-0.25, -0.2) is 0 Å². The number of halogens is 1. The summed E-state index contributed by atoms with van der Waals surface area (Å²) in [5, 5.41) is 3.04. The van der Waals surface area contributed by atoms with Crippen LogP contribution in [0.1, 0.15) is 24.0 Å². The van der Waals surface area contributed by atoms with E-state index in [1.165, 1.54) is 5.56 Å². The summed E-state index contributed by atoms with van der Waals surface area (Å²) in [6, 6.07) is 16.2. The molecule has 25 heavy (non-hydrogen) atoms. The van der Waals surface area contributed by atoms with Gasteiger partial charge in [0, 0.05) is 16.6 Å². The highest BCUT2D eigenvalue weighted by molar-refractivity contribution is 9.10. The van der Waals surface area contributed by atoms with Gasteiger partial charge in [0.05, 0.1) is 14.2 Å². The van der Waals surface area contributed by atoms with Crippen molar-refractivity contribution >= 4 is 21.8 Å². The molecule has 4 nitrogen and oxygen atoms in total. The summed E-state index contributed by atoms with van der Waals surface area (Å²) in [5.74, 6) is 1.21. The van der Waals surface area contributed by atoms with Gasteiger partial charge in [0.1, 0.15) is 12.3 Å². The number of methoxy groups -OCH3 is 1. The molecule has 2 atom stereocenters. The van der Waals surface area contributed by atoms with Gasteiger partial charge in [0.15, 0.2) is 6.54 Å². The number of carbonyl (C=O) groups is 1. The van der Waals surface area contributed by atoms with Crippen molar-refractivity contribution in [3.8, 4) is 5.75 Å². The molecule has 1 unspecified atom stereocenters. The predicted molar refractivity (Wildman–Crippen MR) is 104 cm³/mol. The highest BCUT2D eigenvalue weighted by Crippen LogP contribution is 2.22. The summed E-state index contributed by atoms with van der Waals surface area (Å²) in [4.78, 5) is 13.3. The first kappa shape index (κ1) is 19.5. The minimum absolute atomic E-state index is 0.0641. The molecule has 0 aliphatic carbocycles. The van der Waals surface area contributed by atoms with Gasteiger partial charge in [-0.1, -0.05) is 53.2 Å². The molecule has 0 saturated carbocycles. The van der Waals surface area contributed by atoms with E-state index >= 15 is 0 Å². The first-order valence-corrected chi connectivity index (χ1v) is 9.24. The molecule has 0 fully saturated rings. The molecule has 0 spiro atoms. The second-order valence-corrected chi connectivity index (χ2v) is 7.30. The number of quaternary nitrogens is 1. The molecule has 0 aromatic heterocycles. The number of benzene rings is 2. The maximum absolute atomic E-state index is 12.2. The van der Waals surface area contributed by atoms with Crippen molar-refractivity contribution in [2.75, 3.05) is 27.2 Å². The summed E-state index contributed by atoms with van der Waals surface area (Å²) < 4.78 is 6.41. The lowest BCUT2D eigenvalue weighted by atomic mass is 10.0. The number of likely N-dealkylation sites (N-methyl/N-ethyl adjacent to an activating group) is 1. The van der Waals surface area contributed by atoms with Crippen molar-refractivity contribution in [3.63, 3.8) is 0 Å². The zero-order chi connectivity index (χ0) is 18.2. The van der Waals surface area contributed by atoms with Crippen molar-refractivity contribution in [2.24, 2.45) is 0 Å². The van der Waals surface area contributed by atoms with E-state index in [0.717, 1.165) is 27.2 Å².